The fourth-order valence-electron chi connectivity index (χ4n) is 3.25. The van der Waals surface area contributed by atoms with E-state index in [9.17, 15) is 9.59 Å². The lowest BCUT2D eigenvalue weighted by Gasteiger charge is -2.26. The molecule has 7 nitrogen and oxygen atoms in total. The van der Waals surface area contributed by atoms with Crippen LogP contribution in [0.4, 0.5) is 5.82 Å². The molecule has 8 heteroatoms. The molecule has 0 aromatic carbocycles. The van der Waals surface area contributed by atoms with E-state index in [1.54, 1.807) is 19.1 Å². The van der Waals surface area contributed by atoms with Crippen molar-refractivity contribution in [2.75, 3.05) is 5.32 Å². The van der Waals surface area contributed by atoms with Crippen LogP contribution in [0.5, 0.6) is 0 Å². The fraction of sp³-hybridized carbons (Fsp3) is 0.562. The molecule has 2 fully saturated rings. The van der Waals surface area contributed by atoms with Gasteiger partial charge in [-0.05, 0) is 31.9 Å². The maximum absolute atomic E-state index is 12.4. The van der Waals surface area contributed by atoms with E-state index in [2.05, 4.69) is 21.2 Å². The van der Waals surface area contributed by atoms with Crippen molar-refractivity contribution in [3.05, 3.63) is 23.4 Å². The van der Waals surface area contributed by atoms with Crippen molar-refractivity contribution >= 4 is 29.3 Å². The molecular weight excluding hydrogens is 332 g/mol. The third-order valence-corrected chi connectivity index (χ3v) is 4.79. The standard InChI is InChI=1S/C16H21ClN4O3/c1-9(15(22)19-13-7-6-10(17)8-18-13)24-16(23)14-11-4-2-3-5-12(11)20-21-14/h6-9,11-12,14,20-21H,2-5H2,1H3,(H,18,19,22). The molecule has 1 aromatic rings. The highest BCUT2D eigenvalue weighted by atomic mass is 35.5. The molecule has 2 heterocycles. The number of hydrogen-bond acceptors (Lipinski definition) is 6. The topological polar surface area (TPSA) is 92.4 Å². The smallest absolute Gasteiger partial charge is 0.325 e. The Morgan fingerprint density at radius 1 is 1.33 bits per heavy atom. The van der Waals surface area contributed by atoms with Crippen molar-refractivity contribution in [3.63, 3.8) is 0 Å². The van der Waals surface area contributed by atoms with Gasteiger partial charge in [0.05, 0.1) is 5.02 Å². The summed E-state index contributed by atoms with van der Waals surface area (Å²) in [5.74, 6) is -0.243. The Balaban J connectivity index is 1.53. The number of ether oxygens (including phenoxy) is 1. The van der Waals surface area contributed by atoms with E-state index in [0.717, 1.165) is 19.3 Å². The summed E-state index contributed by atoms with van der Waals surface area (Å²) in [7, 11) is 0. The van der Waals surface area contributed by atoms with Gasteiger partial charge in [0.2, 0.25) is 0 Å². The number of hydrazine groups is 1. The molecule has 4 atom stereocenters. The predicted molar refractivity (Wildman–Crippen MR) is 89.2 cm³/mol. The summed E-state index contributed by atoms with van der Waals surface area (Å²) in [5.41, 5.74) is 6.18. The highest BCUT2D eigenvalue weighted by molar-refractivity contribution is 6.30. The molecule has 1 aliphatic heterocycles. The lowest BCUT2D eigenvalue weighted by molar-refractivity contribution is -0.156. The number of aromatic nitrogens is 1. The van der Waals surface area contributed by atoms with Gasteiger partial charge in [0, 0.05) is 18.2 Å². The van der Waals surface area contributed by atoms with E-state index in [1.165, 1.54) is 12.6 Å². The summed E-state index contributed by atoms with van der Waals surface area (Å²) in [4.78, 5) is 28.5. The molecule has 1 amide bonds. The minimum absolute atomic E-state index is 0.222. The van der Waals surface area contributed by atoms with Gasteiger partial charge in [-0.25, -0.2) is 10.4 Å². The van der Waals surface area contributed by atoms with E-state index in [0.29, 0.717) is 16.9 Å². The number of pyridine rings is 1. The second-order valence-electron chi connectivity index (χ2n) is 6.25. The van der Waals surface area contributed by atoms with Gasteiger partial charge in [-0.3, -0.25) is 15.0 Å². The number of amides is 1. The summed E-state index contributed by atoms with van der Waals surface area (Å²) >= 11 is 5.75. The van der Waals surface area contributed by atoms with Gasteiger partial charge in [0.1, 0.15) is 11.9 Å². The minimum Gasteiger partial charge on any atom is -0.451 e. The first-order chi connectivity index (χ1) is 11.5. The van der Waals surface area contributed by atoms with Crippen molar-refractivity contribution in [2.45, 2.75) is 50.8 Å². The van der Waals surface area contributed by atoms with E-state index in [1.807, 2.05) is 0 Å². The van der Waals surface area contributed by atoms with Crippen LogP contribution in [-0.2, 0) is 14.3 Å². The van der Waals surface area contributed by atoms with Crippen molar-refractivity contribution in [2.24, 2.45) is 5.92 Å². The normalized spacial score (nSPS) is 27.2. The number of carbonyl (C=O) groups is 2. The highest BCUT2D eigenvalue weighted by Gasteiger charge is 2.42. The van der Waals surface area contributed by atoms with E-state index < -0.39 is 24.0 Å². The van der Waals surface area contributed by atoms with Gasteiger partial charge < -0.3 is 10.1 Å². The zero-order valence-electron chi connectivity index (χ0n) is 13.4. The molecule has 3 N–H and O–H groups in total. The first kappa shape index (κ1) is 17.1. The Morgan fingerprint density at radius 3 is 2.88 bits per heavy atom. The molecule has 0 spiro atoms. The maximum Gasteiger partial charge on any atom is 0.325 e. The summed E-state index contributed by atoms with van der Waals surface area (Å²) in [6, 6.07) is 3.11. The Hall–Kier alpha value is -1.70. The van der Waals surface area contributed by atoms with Gasteiger partial charge in [-0.2, -0.15) is 0 Å². The monoisotopic (exact) mass is 352 g/mol. The number of halogens is 1. The molecule has 1 aromatic heterocycles. The summed E-state index contributed by atoms with van der Waals surface area (Å²) in [6.45, 7) is 1.55. The largest absolute Gasteiger partial charge is 0.451 e. The third-order valence-electron chi connectivity index (χ3n) is 4.57. The zero-order valence-corrected chi connectivity index (χ0v) is 14.2. The number of fused-ring (bicyclic) bond motifs is 1. The van der Waals surface area contributed by atoms with Gasteiger partial charge in [0.15, 0.2) is 6.10 Å². The van der Waals surface area contributed by atoms with Gasteiger partial charge in [0.25, 0.3) is 5.91 Å². The molecule has 24 heavy (non-hydrogen) atoms. The maximum atomic E-state index is 12.4. The van der Waals surface area contributed by atoms with Crippen LogP contribution in [0.2, 0.25) is 5.02 Å². The molecule has 0 bridgehead atoms. The molecule has 2 aliphatic rings. The SMILES string of the molecule is CC(OC(=O)C1NNC2CCCCC21)C(=O)Nc1ccc(Cl)cn1. The van der Waals surface area contributed by atoms with Gasteiger partial charge in [-0.1, -0.05) is 24.4 Å². The molecule has 0 radical (unpaired) electrons. The lowest BCUT2D eigenvalue weighted by Crippen LogP contribution is -2.43. The summed E-state index contributed by atoms with van der Waals surface area (Å²) in [6.07, 6.45) is 4.86. The number of nitrogens with one attached hydrogen (secondary N) is 3. The predicted octanol–water partition coefficient (Wildman–Crippen LogP) is 1.64. The molecule has 130 valence electrons. The summed E-state index contributed by atoms with van der Waals surface area (Å²) in [5, 5.41) is 3.08. The van der Waals surface area contributed by atoms with Crippen LogP contribution in [0.1, 0.15) is 32.6 Å². The summed E-state index contributed by atoms with van der Waals surface area (Å²) < 4.78 is 5.33. The molecule has 1 aliphatic carbocycles. The number of carbonyl (C=O) groups excluding carboxylic acids is 2. The number of rotatable bonds is 4. The van der Waals surface area contributed by atoms with E-state index in [-0.39, 0.29) is 5.92 Å². The average molecular weight is 353 g/mol. The van der Waals surface area contributed by atoms with Crippen molar-refractivity contribution in [3.8, 4) is 0 Å². The van der Waals surface area contributed by atoms with Crippen LogP contribution in [0.15, 0.2) is 18.3 Å². The van der Waals surface area contributed by atoms with Crippen molar-refractivity contribution in [1.82, 2.24) is 15.8 Å². The minimum atomic E-state index is -0.903. The van der Waals surface area contributed by atoms with Crippen LogP contribution >= 0.6 is 11.6 Å². The Bertz CT molecular complexity index is 610. The molecular formula is C16H21ClN4O3. The van der Waals surface area contributed by atoms with Gasteiger partial charge in [-0.15, -0.1) is 0 Å². The van der Waals surface area contributed by atoms with Crippen LogP contribution in [0, 0.1) is 5.92 Å². The van der Waals surface area contributed by atoms with Crippen molar-refractivity contribution in [1.29, 1.82) is 0 Å². The number of anilines is 1. The van der Waals surface area contributed by atoms with Crippen molar-refractivity contribution < 1.29 is 14.3 Å². The molecule has 1 saturated heterocycles. The van der Waals surface area contributed by atoms with Crippen LogP contribution in [0.3, 0.4) is 0 Å². The Morgan fingerprint density at radius 2 is 2.12 bits per heavy atom. The average Bonchev–Trinajstić information content (AvgIpc) is 3.01. The second kappa shape index (κ2) is 7.46. The van der Waals surface area contributed by atoms with Crippen LogP contribution in [0.25, 0.3) is 0 Å². The highest BCUT2D eigenvalue weighted by Crippen LogP contribution is 2.30. The first-order valence-electron chi connectivity index (χ1n) is 8.18. The van der Waals surface area contributed by atoms with E-state index >= 15 is 0 Å². The Kier molecular flexibility index (Phi) is 5.33. The third kappa shape index (κ3) is 3.85. The lowest BCUT2D eigenvalue weighted by atomic mass is 9.82. The van der Waals surface area contributed by atoms with Crippen LogP contribution in [-0.4, -0.2) is 35.0 Å². The number of nitrogens with zero attached hydrogens (tertiary/aromatic N) is 1. The fourth-order valence-corrected chi connectivity index (χ4v) is 3.37. The Labute approximate surface area is 145 Å². The first-order valence-corrected chi connectivity index (χ1v) is 8.56. The quantitative estimate of drug-likeness (QED) is 0.713. The second-order valence-corrected chi connectivity index (χ2v) is 6.69. The van der Waals surface area contributed by atoms with E-state index in [4.69, 9.17) is 16.3 Å². The number of esters is 1. The molecule has 4 unspecified atom stereocenters. The number of hydrogen-bond donors (Lipinski definition) is 3. The molecule has 1 saturated carbocycles. The molecule has 3 rings (SSSR count). The van der Waals surface area contributed by atoms with Crippen LogP contribution < -0.4 is 16.2 Å². The zero-order chi connectivity index (χ0) is 17.1. The van der Waals surface area contributed by atoms with Gasteiger partial charge >= 0.3 is 5.97 Å².